The number of aliphatic hydroxyl groups excluding tert-OH is 1. The molecule has 19 heavy (non-hydrogen) atoms. The summed E-state index contributed by atoms with van der Waals surface area (Å²) < 4.78 is 5.53. The van der Waals surface area contributed by atoms with Crippen molar-refractivity contribution in [1.82, 2.24) is 0 Å². The Hall–Kier alpha value is -1.28. The number of anilines is 1. The van der Waals surface area contributed by atoms with Crippen LogP contribution in [0.25, 0.3) is 0 Å². The van der Waals surface area contributed by atoms with Crippen molar-refractivity contribution in [1.29, 1.82) is 5.26 Å². The summed E-state index contributed by atoms with van der Waals surface area (Å²) in [5.74, 6) is 0. The number of rotatable bonds is 4. The van der Waals surface area contributed by atoms with Crippen LogP contribution in [0.2, 0.25) is 5.02 Å². The predicted octanol–water partition coefficient (Wildman–Crippen LogP) is 2.19. The summed E-state index contributed by atoms with van der Waals surface area (Å²) in [5, 5.41) is 18.5. The number of hydrogen-bond acceptors (Lipinski definition) is 4. The molecule has 0 spiro atoms. The predicted molar refractivity (Wildman–Crippen MR) is 74.4 cm³/mol. The van der Waals surface area contributed by atoms with Gasteiger partial charge in [0.2, 0.25) is 0 Å². The highest BCUT2D eigenvalue weighted by Gasteiger charge is 2.21. The van der Waals surface area contributed by atoms with Gasteiger partial charge in [0, 0.05) is 18.1 Å². The maximum absolute atomic E-state index is 9.15. The second-order valence-corrected chi connectivity index (χ2v) is 4.99. The molecule has 1 heterocycles. The first-order chi connectivity index (χ1) is 9.24. The van der Waals surface area contributed by atoms with E-state index in [4.69, 9.17) is 26.7 Å². The molecule has 1 fully saturated rings. The van der Waals surface area contributed by atoms with Crippen molar-refractivity contribution < 1.29 is 9.84 Å². The zero-order valence-corrected chi connectivity index (χ0v) is 11.4. The highest BCUT2D eigenvalue weighted by atomic mass is 35.5. The fraction of sp³-hybridized carbons (Fsp3) is 0.500. The summed E-state index contributed by atoms with van der Waals surface area (Å²) in [4.78, 5) is 2.19. The van der Waals surface area contributed by atoms with Gasteiger partial charge >= 0.3 is 0 Å². The van der Waals surface area contributed by atoms with Crippen LogP contribution >= 0.6 is 11.6 Å². The summed E-state index contributed by atoms with van der Waals surface area (Å²) in [7, 11) is 0. The van der Waals surface area contributed by atoms with Crippen LogP contribution in [0, 0.1) is 11.3 Å². The number of benzene rings is 1. The van der Waals surface area contributed by atoms with E-state index < -0.39 is 0 Å². The molecule has 1 aliphatic heterocycles. The summed E-state index contributed by atoms with van der Waals surface area (Å²) in [6, 6.07) is 7.60. The van der Waals surface area contributed by atoms with E-state index in [0.717, 1.165) is 31.6 Å². The molecule has 0 aliphatic carbocycles. The summed E-state index contributed by atoms with van der Waals surface area (Å²) in [6.45, 7) is 2.17. The van der Waals surface area contributed by atoms with Crippen LogP contribution in [0.15, 0.2) is 18.2 Å². The smallest absolute Gasteiger partial charge is 0.101 e. The normalized spacial score (nSPS) is 16.4. The molecule has 1 saturated heterocycles. The van der Waals surface area contributed by atoms with Crippen molar-refractivity contribution in [3.63, 3.8) is 0 Å². The van der Waals surface area contributed by atoms with Crippen molar-refractivity contribution in [2.24, 2.45) is 0 Å². The lowest BCUT2D eigenvalue weighted by molar-refractivity contribution is 0.0159. The second kappa shape index (κ2) is 6.76. The number of halogens is 1. The number of piperidine rings is 1. The standard InChI is InChI=1S/C14H17ClN2O2/c15-12-1-2-14(11(9-12)10-16)17-5-3-13(4-6-17)19-8-7-18/h1-2,9,13,18H,3-8H2. The Balaban J connectivity index is 2.00. The maximum atomic E-state index is 9.15. The molecule has 4 nitrogen and oxygen atoms in total. The van der Waals surface area contributed by atoms with Crippen molar-refractivity contribution in [3.8, 4) is 6.07 Å². The van der Waals surface area contributed by atoms with Crippen LogP contribution in [-0.4, -0.2) is 37.5 Å². The number of hydrogen-bond donors (Lipinski definition) is 1. The third-order valence-electron chi connectivity index (χ3n) is 3.31. The van der Waals surface area contributed by atoms with Crippen LogP contribution < -0.4 is 4.90 Å². The second-order valence-electron chi connectivity index (χ2n) is 4.55. The molecule has 0 bridgehead atoms. The number of nitriles is 1. The molecule has 0 atom stereocenters. The van der Waals surface area contributed by atoms with E-state index in [9.17, 15) is 0 Å². The average molecular weight is 281 g/mol. The van der Waals surface area contributed by atoms with E-state index in [-0.39, 0.29) is 12.7 Å². The van der Waals surface area contributed by atoms with Gasteiger partial charge in [-0.2, -0.15) is 5.26 Å². The first kappa shape index (κ1) is 14.1. The third kappa shape index (κ3) is 3.60. The Morgan fingerprint density at radius 2 is 2.16 bits per heavy atom. The molecular weight excluding hydrogens is 264 g/mol. The van der Waals surface area contributed by atoms with Gasteiger partial charge in [-0.15, -0.1) is 0 Å². The summed E-state index contributed by atoms with van der Waals surface area (Å²) in [6.07, 6.45) is 2.03. The SMILES string of the molecule is N#Cc1cc(Cl)ccc1N1CCC(OCCO)CC1. The Morgan fingerprint density at radius 3 is 2.79 bits per heavy atom. The van der Waals surface area contributed by atoms with Crippen molar-refractivity contribution in [3.05, 3.63) is 28.8 Å². The molecule has 0 radical (unpaired) electrons. The average Bonchev–Trinajstić information content (AvgIpc) is 2.45. The van der Waals surface area contributed by atoms with E-state index in [0.29, 0.717) is 17.2 Å². The van der Waals surface area contributed by atoms with Gasteiger partial charge in [0.05, 0.1) is 30.6 Å². The Morgan fingerprint density at radius 1 is 1.42 bits per heavy atom. The lowest BCUT2D eigenvalue weighted by Gasteiger charge is -2.34. The largest absolute Gasteiger partial charge is 0.394 e. The van der Waals surface area contributed by atoms with Crippen LogP contribution in [0.3, 0.4) is 0 Å². The molecule has 0 aromatic heterocycles. The monoisotopic (exact) mass is 280 g/mol. The molecule has 1 aliphatic rings. The van der Waals surface area contributed by atoms with Gasteiger partial charge in [-0.1, -0.05) is 11.6 Å². The zero-order valence-electron chi connectivity index (χ0n) is 10.7. The first-order valence-electron chi connectivity index (χ1n) is 6.41. The molecule has 2 rings (SSSR count). The number of nitrogens with zero attached hydrogens (tertiary/aromatic N) is 2. The minimum Gasteiger partial charge on any atom is -0.394 e. The van der Waals surface area contributed by atoms with Gasteiger partial charge in [0.25, 0.3) is 0 Å². The fourth-order valence-electron chi connectivity index (χ4n) is 2.36. The minimum absolute atomic E-state index is 0.0655. The fourth-order valence-corrected chi connectivity index (χ4v) is 2.53. The molecule has 0 unspecified atom stereocenters. The molecule has 1 aromatic carbocycles. The lowest BCUT2D eigenvalue weighted by Crippen LogP contribution is -2.37. The topological polar surface area (TPSA) is 56.5 Å². The molecule has 5 heteroatoms. The van der Waals surface area contributed by atoms with Crippen LogP contribution in [0.4, 0.5) is 5.69 Å². The van der Waals surface area contributed by atoms with E-state index in [1.807, 2.05) is 12.1 Å². The van der Waals surface area contributed by atoms with Crippen LogP contribution in [0.5, 0.6) is 0 Å². The molecule has 0 saturated carbocycles. The van der Waals surface area contributed by atoms with E-state index in [2.05, 4.69) is 11.0 Å². The van der Waals surface area contributed by atoms with Gasteiger partial charge in [-0.3, -0.25) is 0 Å². The quantitative estimate of drug-likeness (QED) is 0.918. The number of aliphatic hydroxyl groups is 1. The third-order valence-corrected chi connectivity index (χ3v) is 3.54. The van der Waals surface area contributed by atoms with Gasteiger partial charge in [0.1, 0.15) is 6.07 Å². The Kier molecular flexibility index (Phi) is 5.03. The van der Waals surface area contributed by atoms with Gasteiger partial charge in [0.15, 0.2) is 0 Å². The van der Waals surface area contributed by atoms with Crippen molar-refractivity contribution in [2.75, 3.05) is 31.2 Å². The highest BCUT2D eigenvalue weighted by Crippen LogP contribution is 2.27. The molecule has 0 amide bonds. The van der Waals surface area contributed by atoms with E-state index >= 15 is 0 Å². The summed E-state index contributed by atoms with van der Waals surface area (Å²) >= 11 is 5.90. The Bertz CT molecular complexity index is 465. The number of ether oxygens (including phenoxy) is 1. The van der Waals surface area contributed by atoms with E-state index in [1.165, 1.54) is 0 Å². The van der Waals surface area contributed by atoms with Crippen molar-refractivity contribution in [2.45, 2.75) is 18.9 Å². The highest BCUT2D eigenvalue weighted by molar-refractivity contribution is 6.30. The lowest BCUT2D eigenvalue weighted by atomic mass is 10.1. The van der Waals surface area contributed by atoms with Crippen molar-refractivity contribution >= 4 is 17.3 Å². The van der Waals surface area contributed by atoms with Gasteiger partial charge < -0.3 is 14.7 Å². The van der Waals surface area contributed by atoms with Crippen LogP contribution in [0.1, 0.15) is 18.4 Å². The molecule has 1 aromatic rings. The Labute approximate surface area is 118 Å². The minimum atomic E-state index is 0.0655. The van der Waals surface area contributed by atoms with Crippen LogP contribution in [-0.2, 0) is 4.74 Å². The van der Waals surface area contributed by atoms with Gasteiger partial charge in [-0.25, -0.2) is 0 Å². The van der Waals surface area contributed by atoms with Gasteiger partial charge in [-0.05, 0) is 31.0 Å². The first-order valence-corrected chi connectivity index (χ1v) is 6.79. The zero-order chi connectivity index (χ0) is 13.7. The molecule has 1 N–H and O–H groups in total. The summed E-state index contributed by atoms with van der Waals surface area (Å²) in [5.41, 5.74) is 1.55. The molecule has 102 valence electrons. The van der Waals surface area contributed by atoms with E-state index in [1.54, 1.807) is 6.07 Å². The molecular formula is C14H17ClN2O2. The maximum Gasteiger partial charge on any atom is 0.101 e.